The van der Waals surface area contributed by atoms with Crippen LogP contribution in [0.5, 0.6) is 0 Å². The van der Waals surface area contributed by atoms with Gasteiger partial charge in [0.2, 0.25) is 5.82 Å². The van der Waals surface area contributed by atoms with E-state index in [-0.39, 0.29) is 11.2 Å². The van der Waals surface area contributed by atoms with Crippen molar-refractivity contribution in [2.75, 3.05) is 7.11 Å². The molecule has 0 saturated carbocycles. The van der Waals surface area contributed by atoms with Crippen molar-refractivity contribution in [1.82, 2.24) is 19.7 Å². The van der Waals surface area contributed by atoms with E-state index in [1.165, 1.54) is 7.11 Å². The molecule has 3 aromatic rings. The van der Waals surface area contributed by atoms with E-state index in [1.54, 1.807) is 19.3 Å². The molecule has 7 heteroatoms. The first-order valence-corrected chi connectivity index (χ1v) is 8.79. The van der Waals surface area contributed by atoms with E-state index in [4.69, 9.17) is 0 Å². The largest absolute Gasteiger partial charge is 0.463 e. The molecule has 0 bridgehead atoms. The van der Waals surface area contributed by atoms with E-state index in [0.717, 1.165) is 28.6 Å². The van der Waals surface area contributed by atoms with Crippen LogP contribution in [0.3, 0.4) is 0 Å². The fourth-order valence-corrected chi connectivity index (χ4v) is 2.94. The molecule has 142 valence electrons. The summed E-state index contributed by atoms with van der Waals surface area (Å²) in [5.41, 5.74) is 3.33. The summed E-state index contributed by atoms with van der Waals surface area (Å²) in [4.78, 5) is 19.6. The zero-order chi connectivity index (χ0) is 19.8. The van der Waals surface area contributed by atoms with E-state index >= 15 is 0 Å². The first-order valence-electron chi connectivity index (χ1n) is 8.79. The molecule has 2 aromatic heterocycles. The number of fused-ring (bicyclic) bond motifs is 1. The van der Waals surface area contributed by atoms with Crippen LogP contribution in [0, 0.1) is 5.41 Å². The summed E-state index contributed by atoms with van der Waals surface area (Å²) >= 11 is 0. The minimum atomic E-state index is -0.679. The zero-order valence-corrected chi connectivity index (χ0v) is 16.2. The molecule has 0 aliphatic rings. The third-order valence-electron chi connectivity index (χ3n) is 4.15. The van der Waals surface area contributed by atoms with Crippen molar-refractivity contribution < 1.29 is 14.6 Å². The van der Waals surface area contributed by atoms with Gasteiger partial charge in [0, 0.05) is 29.9 Å². The Bertz CT molecular complexity index is 969. The predicted octanol–water partition coefficient (Wildman–Crippen LogP) is 3.38. The molecular weight excluding hydrogens is 344 g/mol. The number of benzene rings is 1. The lowest BCUT2D eigenvalue weighted by Gasteiger charge is -2.18. The minimum absolute atomic E-state index is 0.0185. The number of aliphatic hydroxyl groups excluding tert-OH is 1. The van der Waals surface area contributed by atoms with Gasteiger partial charge in [-0.05, 0) is 30.0 Å². The van der Waals surface area contributed by atoms with Crippen LogP contribution in [0.1, 0.15) is 50.1 Å². The number of carbonyl (C=O) groups is 1. The second kappa shape index (κ2) is 7.08. The molecule has 1 unspecified atom stereocenters. The van der Waals surface area contributed by atoms with Crippen LogP contribution in [0.2, 0.25) is 0 Å². The number of methoxy groups -OCH3 is 1. The lowest BCUT2D eigenvalue weighted by atomic mass is 9.97. The molecule has 27 heavy (non-hydrogen) atoms. The minimum Gasteiger partial charge on any atom is -0.463 e. The van der Waals surface area contributed by atoms with Gasteiger partial charge >= 0.3 is 5.97 Å². The van der Waals surface area contributed by atoms with E-state index in [2.05, 4.69) is 40.6 Å². The number of rotatable bonds is 4. The molecule has 0 amide bonds. The van der Waals surface area contributed by atoms with Crippen LogP contribution in [-0.4, -0.2) is 37.9 Å². The summed E-state index contributed by atoms with van der Waals surface area (Å²) in [6, 6.07) is 5.93. The maximum Gasteiger partial charge on any atom is 0.376 e. The van der Waals surface area contributed by atoms with Crippen LogP contribution in [0.15, 0.2) is 30.6 Å². The van der Waals surface area contributed by atoms with E-state index in [0.29, 0.717) is 5.69 Å². The van der Waals surface area contributed by atoms with Gasteiger partial charge in [-0.2, -0.15) is 5.10 Å². The fraction of sp³-hybridized carbons (Fsp3) is 0.400. The lowest BCUT2D eigenvalue weighted by molar-refractivity contribution is 0.0586. The quantitative estimate of drug-likeness (QED) is 0.710. The molecule has 0 fully saturated rings. The molecule has 0 radical (unpaired) electrons. The highest BCUT2D eigenvalue weighted by molar-refractivity contribution is 5.88. The molecule has 0 aliphatic heterocycles. The van der Waals surface area contributed by atoms with E-state index in [9.17, 15) is 9.90 Å². The molecule has 0 spiro atoms. The van der Waals surface area contributed by atoms with Crippen molar-refractivity contribution in [3.8, 4) is 11.1 Å². The number of hydrogen-bond donors (Lipinski definition) is 1. The summed E-state index contributed by atoms with van der Waals surface area (Å²) in [6.45, 7) is 8.90. The van der Waals surface area contributed by atoms with Crippen molar-refractivity contribution >= 4 is 16.9 Å². The summed E-state index contributed by atoms with van der Waals surface area (Å²) in [7, 11) is 1.29. The number of carbonyl (C=O) groups excluding carboxylic acids is 1. The molecule has 1 N–H and O–H groups in total. The highest BCUT2D eigenvalue weighted by Gasteiger charge is 2.19. The average Bonchev–Trinajstić information content (AvgIpc) is 2.97. The summed E-state index contributed by atoms with van der Waals surface area (Å²) in [6.07, 6.45) is 2.49. The Morgan fingerprint density at radius 2 is 1.89 bits per heavy atom. The topological polar surface area (TPSA) is 90.1 Å². The summed E-state index contributed by atoms with van der Waals surface area (Å²) in [5.74, 6) is -0.554. The van der Waals surface area contributed by atoms with Crippen LogP contribution >= 0.6 is 0 Å². The van der Waals surface area contributed by atoms with E-state index in [1.807, 2.05) is 22.9 Å². The van der Waals surface area contributed by atoms with Crippen LogP contribution in [0.25, 0.3) is 22.0 Å². The Balaban J connectivity index is 2.06. The molecule has 1 atom stereocenters. The molecule has 3 rings (SSSR count). The smallest absolute Gasteiger partial charge is 0.376 e. The van der Waals surface area contributed by atoms with Crippen molar-refractivity contribution in [2.45, 2.75) is 40.3 Å². The van der Waals surface area contributed by atoms with Crippen LogP contribution < -0.4 is 0 Å². The maximum atomic E-state index is 11.5. The lowest BCUT2D eigenvalue weighted by Crippen LogP contribution is -2.16. The maximum absolute atomic E-state index is 11.5. The van der Waals surface area contributed by atoms with Gasteiger partial charge < -0.3 is 9.84 Å². The molecular formula is C20H24N4O3. The Labute approximate surface area is 158 Å². The number of nitrogens with zero attached hydrogens (tertiary/aromatic N) is 4. The highest BCUT2D eigenvalue weighted by atomic mass is 16.5. The number of hydrogen-bond acceptors (Lipinski definition) is 6. The van der Waals surface area contributed by atoms with Gasteiger partial charge in [-0.3, -0.25) is 4.68 Å². The first-order chi connectivity index (χ1) is 12.7. The second-order valence-electron chi connectivity index (χ2n) is 7.80. The van der Waals surface area contributed by atoms with Crippen molar-refractivity contribution in [1.29, 1.82) is 0 Å². The van der Waals surface area contributed by atoms with Gasteiger partial charge in [0.05, 0.1) is 24.4 Å². The van der Waals surface area contributed by atoms with Crippen molar-refractivity contribution in [3.63, 3.8) is 0 Å². The Morgan fingerprint density at radius 3 is 2.44 bits per heavy atom. The van der Waals surface area contributed by atoms with Crippen LogP contribution in [-0.2, 0) is 11.3 Å². The highest BCUT2D eigenvalue weighted by Crippen LogP contribution is 2.30. The third-order valence-corrected chi connectivity index (χ3v) is 4.15. The monoisotopic (exact) mass is 368 g/mol. The Morgan fingerprint density at radius 1 is 1.22 bits per heavy atom. The summed E-state index contributed by atoms with van der Waals surface area (Å²) in [5, 5.41) is 15.7. The molecule has 0 saturated heterocycles. The Hall–Kier alpha value is -2.80. The SMILES string of the molecule is COC(=O)c1ncc(-c2ccc3c(c2)c(C(C)O)nn3CC(C)(C)C)cn1. The second-order valence-corrected chi connectivity index (χ2v) is 7.80. The fourth-order valence-electron chi connectivity index (χ4n) is 2.94. The molecule has 1 aromatic carbocycles. The Kier molecular flexibility index (Phi) is 4.97. The standard InChI is InChI=1S/C20H24N4O3/c1-12(25)17-15-8-13(14-9-21-18(22-10-14)19(26)27-5)6-7-16(15)24(23-17)11-20(2,3)4/h6-10,12,25H,11H2,1-5H3. The predicted molar refractivity (Wildman–Crippen MR) is 102 cm³/mol. The van der Waals surface area contributed by atoms with Crippen molar-refractivity contribution in [2.24, 2.45) is 5.41 Å². The van der Waals surface area contributed by atoms with Gasteiger partial charge in [-0.15, -0.1) is 0 Å². The summed E-state index contributed by atoms with van der Waals surface area (Å²) < 4.78 is 6.56. The number of esters is 1. The zero-order valence-electron chi connectivity index (χ0n) is 16.2. The molecule has 7 nitrogen and oxygen atoms in total. The number of aromatic nitrogens is 4. The first kappa shape index (κ1) is 19.0. The molecule has 0 aliphatic carbocycles. The average molecular weight is 368 g/mol. The van der Waals surface area contributed by atoms with Crippen LogP contribution in [0.4, 0.5) is 0 Å². The van der Waals surface area contributed by atoms with Gasteiger partial charge in [0.15, 0.2) is 0 Å². The third kappa shape index (κ3) is 3.98. The van der Waals surface area contributed by atoms with Gasteiger partial charge in [0.25, 0.3) is 0 Å². The van der Waals surface area contributed by atoms with Crippen molar-refractivity contribution in [3.05, 3.63) is 42.1 Å². The molecule has 2 heterocycles. The van der Waals surface area contributed by atoms with Gasteiger partial charge in [-0.25, -0.2) is 14.8 Å². The number of ether oxygens (including phenoxy) is 1. The van der Waals surface area contributed by atoms with Gasteiger partial charge in [-0.1, -0.05) is 26.8 Å². The normalized spacial score (nSPS) is 13.0. The van der Waals surface area contributed by atoms with Gasteiger partial charge in [0.1, 0.15) is 0 Å². The number of aliphatic hydroxyl groups is 1. The van der Waals surface area contributed by atoms with E-state index < -0.39 is 12.1 Å².